The fourth-order valence-electron chi connectivity index (χ4n) is 1.58. The zero-order valence-corrected chi connectivity index (χ0v) is 10.5. The van der Waals surface area contributed by atoms with E-state index in [9.17, 15) is 4.39 Å². The van der Waals surface area contributed by atoms with Crippen molar-refractivity contribution in [2.45, 2.75) is 32.9 Å². The molecule has 1 N–H and O–H groups in total. The number of aromatic nitrogens is 2. The smallest absolute Gasteiger partial charge is 0.208 e. The Kier molecular flexibility index (Phi) is 4.04. The number of halogens is 1. The molecule has 0 aliphatic rings. The van der Waals surface area contributed by atoms with Gasteiger partial charge in [0.2, 0.25) is 5.89 Å². The van der Waals surface area contributed by atoms with E-state index in [1.54, 1.807) is 12.3 Å². The minimum atomic E-state index is -0.328. The first-order valence-electron chi connectivity index (χ1n) is 5.97. The van der Waals surface area contributed by atoms with E-state index in [2.05, 4.69) is 15.3 Å². The summed E-state index contributed by atoms with van der Waals surface area (Å²) < 4.78 is 18.2. The number of aryl methyl sites for hydroxylation is 1. The van der Waals surface area contributed by atoms with Crippen LogP contribution in [-0.2, 0) is 13.0 Å². The maximum atomic E-state index is 12.7. The Morgan fingerprint density at radius 3 is 2.78 bits per heavy atom. The van der Waals surface area contributed by atoms with E-state index in [0.717, 1.165) is 17.9 Å². The van der Waals surface area contributed by atoms with Gasteiger partial charge in [-0.1, -0.05) is 6.92 Å². The summed E-state index contributed by atoms with van der Waals surface area (Å²) in [5.41, 5.74) is 0.790. The number of hydrogen-bond acceptors (Lipinski definition) is 4. The lowest BCUT2D eigenvalue weighted by Gasteiger charge is -2.11. The Balaban J connectivity index is 1.91. The van der Waals surface area contributed by atoms with Gasteiger partial charge in [0.25, 0.3) is 0 Å². The van der Waals surface area contributed by atoms with Gasteiger partial charge in [-0.3, -0.25) is 4.98 Å². The second-order valence-corrected chi connectivity index (χ2v) is 4.08. The summed E-state index contributed by atoms with van der Waals surface area (Å²) in [4.78, 5) is 8.18. The Morgan fingerprint density at radius 2 is 2.17 bits per heavy atom. The average Bonchev–Trinajstić information content (AvgIpc) is 2.85. The minimum Gasteiger partial charge on any atom is -0.444 e. The second-order valence-electron chi connectivity index (χ2n) is 4.08. The summed E-state index contributed by atoms with van der Waals surface area (Å²) in [6.07, 6.45) is 3.79. The molecule has 0 saturated carbocycles. The number of rotatable bonds is 5. The monoisotopic (exact) mass is 249 g/mol. The number of pyridine rings is 1. The van der Waals surface area contributed by atoms with E-state index in [1.165, 1.54) is 12.3 Å². The normalized spacial score (nSPS) is 12.6. The topological polar surface area (TPSA) is 51.0 Å². The quantitative estimate of drug-likeness (QED) is 0.885. The molecule has 2 aromatic rings. The molecule has 0 amide bonds. The Labute approximate surface area is 105 Å². The summed E-state index contributed by atoms with van der Waals surface area (Å²) >= 11 is 0. The summed E-state index contributed by atoms with van der Waals surface area (Å²) in [6, 6.07) is 3.09. The summed E-state index contributed by atoms with van der Waals surface area (Å²) in [5, 5.41) is 3.23. The average molecular weight is 249 g/mol. The van der Waals surface area contributed by atoms with Gasteiger partial charge in [0.05, 0.1) is 24.6 Å². The maximum Gasteiger partial charge on any atom is 0.208 e. The van der Waals surface area contributed by atoms with E-state index in [-0.39, 0.29) is 11.9 Å². The fraction of sp³-hybridized carbons (Fsp3) is 0.385. The van der Waals surface area contributed by atoms with Crippen LogP contribution >= 0.6 is 0 Å². The van der Waals surface area contributed by atoms with Crippen LogP contribution in [0.1, 0.15) is 37.2 Å². The third-order valence-corrected chi connectivity index (χ3v) is 2.70. The van der Waals surface area contributed by atoms with Gasteiger partial charge in [-0.15, -0.1) is 0 Å². The van der Waals surface area contributed by atoms with Gasteiger partial charge in [-0.25, -0.2) is 9.37 Å². The highest BCUT2D eigenvalue weighted by Crippen LogP contribution is 2.11. The predicted octanol–water partition coefficient (Wildman–Crippen LogP) is 2.62. The summed E-state index contributed by atoms with van der Waals surface area (Å²) in [5.74, 6) is 1.20. The Morgan fingerprint density at radius 1 is 1.33 bits per heavy atom. The van der Waals surface area contributed by atoms with Crippen molar-refractivity contribution in [3.63, 3.8) is 0 Å². The van der Waals surface area contributed by atoms with Crippen molar-refractivity contribution in [2.24, 2.45) is 0 Å². The van der Waals surface area contributed by atoms with Gasteiger partial charge in [0.15, 0.2) is 0 Å². The molecule has 1 atom stereocenters. The lowest BCUT2D eigenvalue weighted by atomic mass is 10.2. The molecule has 2 aromatic heterocycles. The first-order chi connectivity index (χ1) is 8.69. The van der Waals surface area contributed by atoms with Crippen LogP contribution in [0.5, 0.6) is 0 Å². The number of hydrogen-bond donors (Lipinski definition) is 1. The highest BCUT2D eigenvalue weighted by atomic mass is 19.1. The lowest BCUT2D eigenvalue weighted by molar-refractivity contribution is 0.422. The molecule has 5 heteroatoms. The third kappa shape index (κ3) is 3.13. The molecule has 0 aromatic carbocycles. The van der Waals surface area contributed by atoms with Crippen LogP contribution in [0.15, 0.2) is 28.9 Å². The van der Waals surface area contributed by atoms with Gasteiger partial charge in [0, 0.05) is 12.5 Å². The van der Waals surface area contributed by atoms with Crippen molar-refractivity contribution in [1.29, 1.82) is 0 Å². The van der Waals surface area contributed by atoms with Crippen LogP contribution in [0, 0.1) is 5.82 Å². The number of oxazole rings is 1. The van der Waals surface area contributed by atoms with Crippen LogP contribution in [0.2, 0.25) is 0 Å². The van der Waals surface area contributed by atoms with E-state index < -0.39 is 0 Å². The molecular weight excluding hydrogens is 233 g/mol. The minimum absolute atomic E-state index is 0.0163. The number of nitrogens with one attached hydrogen (secondary N) is 1. The van der Waals surface area contributed by atoms with Crippen molar-refractivity contribution >= 4 is 0 Å². The Hall–Kier alpha value is -1.75. The largest absolute Gasteiger partial charge is 0.444 e. The molecule has 96 valence electrons. The molecule has 0 saturated heterocycles. The molecule has 0 radical (unpaired) electrons. The third-order valence-electron chi connectivity index (χ3n) is 2.70. The van der Waals surface area contributed by atoms with Crippen molar-refractivity contribution in [1.82, 2.24) is 15.3 Å². The van der Waals surface area contributed by atoms with Crippen molar-refractivity contribution in [2.75, 3.05) is 0 Å². The van der Waals surface area contributed by atoms with Gasteiger partial charge >= 0.3 is 0 Å². The summed E-state index contributed by atoms with van der Waals surface area (Å²) in [6.45, 7) is 4.51. The molecule has 1 unspecified atom stereocenters. The molecule has 0 fully saturated rings. The van der Waals surface area contributed by atoms with E-state index >= 15 is 0 Å². The van der Waals surface area contributed by atoms with Gasteiger partial charge in [-0.2, -0.15) is 0 Å². The molecule has 0 spiro atoms. The van der Waals surface area contributed by atoms with Crippen LogP contribution in [-0.4, -0.2) is 9.97 Å². The first kappa shape index (κ1) is 12.7. The predicted molar refractivity (Wildman–Crippen MR) is 65.3 cm³/mol. The van der Waals surface area contributed by atoms with Gasteiger partial charge in [-0.05, 0) is 19.1 Å². The van der Waals surface area contributed by atoms with Gasteiger partial charge < -0.3 is 9.73 Å². The maximum absolute atomic E-state index is 12.7. The van der Waals surface area contributed by atoms with E-state index in [0.29, 0.717) is 12.4 Å². The highest BCUT2D eigenvalue weighted by Gasteiger charge is 2.08. The first-order valence-corrected chi connectivity index (χ1v) is 5.97. The standard InChI is InChI=1S/C13H16FN3O/c1-3-11-7-17-13(18-11)8-15-9(2)12-5-4-10(14)6-16-12/h4-7,9,15H,3,8H2,1-2H3. The van der Waals surface area contributed by atoms with Gasteiger partial charge in [0.1, 0.15) is 11.6 Å². The van der Waals surface area contributed by atoms with Crippen LogP contribution < -0.4 is 5.32 Å². The van der Waals surface area contributed by atoms with Crippen LogP contribution in [0.4, 0.5) is 4.39 Å². The molecule has 0 bridgehead atoms. The highest BCUT2D eigenvalue weighted by molar-refractivity contribution is 5.09. The van der Waals surface area contributed by atoms with Crippen molar-refractivity contribution in [3.05, 3.63) is 47.7 Å². The Bertz CT molecular complexity index is 495. The zero-order chi connectivity index (χ0) is 13.0. The zero-order valence-electron chi connectivity index (χ0n) is 10.5. The molecule has 2 rings (SSSR count). The van der Waals surface area contributed by atoms with Crippen molar-refractivity contribution < 1.29 is 8.81 Å². The molecule has 18 heavy (non-hydrogen) atoms. The van der Waals surface area contributed by atoms with Crippen LogP contribution in [0.25, 0.3) is 0 Å². The SMILES string of the molecule is CCc1cnc(CNC(C)c2ccc(F)cn2)o1. The van der Waals surface area contributed by atoms with Crippen molar-refractivity contribution in [3.8, 4) is 0 Å². The lowest BCUT2D eigenvalue weighted by Crippen LogP contribution is -2.19. The number of nitrogens with zero attached hydrogens (tertiary/aromatic N) is 2. The fourth-order valence-corrected chi connectivity index (χ4v) is 1.58. The summed E-state index contributed by atoms with van der Waals surface area (Å²) in [7, 11) is 0. The molecular formula is C13H16FN3O. The molecule has 4 nitrogen and oxygen atoms in total. The molecule has 0 aliphatic carbocycles. The van der Waals surface area contributed by atoms with E-state index in [1.807, 2.05) is 13.8 Å². The van der Waals surface area contributed by atoms with E-state index in [4.69, 9.17) is 4.42 Å². The second kappa shape index (κ2) is 5.73. The molecule has 0 aliphatic heterocycles. The molecule has 2 heterocycles. The van der Waals surface area contributed by atoms with Crippen LogP contribution in [0.3, 0.4) is 0 Å².